The molecule has 0 unspecified atom stereocenters. The molecule has 1 atom stereocenters. The maximum Gasteiger partial charge on any atom is 0.0651 e. The van der Waals surface area contributed by atoms with Gasteiger partial charge in [-0.15, -0.1) is 0 Å². The molecule has 1 aromatic rings. The second kappa shape index (κ2) is 3.66. The second-order valence-corrected chi connectivity index (χ2v) is 3.89. The molecule has 0 amide bonds. The third kappa shape index (κ3) is 2.02. The predicted octanol–water partition coefficient (Wildman–Crippen LogP) is 1.81. The molecule has 13 heavy (non-hydrogen) atoms. The van der Waals surface area contributed by atoms with Gasteiger partial charge in [0.05, 0.1) is 12.1 Å². The first kappa shape index (κ1) is 10.5. The van der Waals surface area contributed by atoms with E-state index in [9.17, 15) is 0 Å². The van der Waals surface area contributed by atoms with Crippen molar-refractivity contribution in [3.63, 3.8) is 0 Å². The van der Waals surface area contributed by atoms with Crippen molar-refractivity contribution in [2.75, 3.05) is 6.61 Å². The van der Waals surface area contributed by atoms with E-state index in [1.807, 2.05) is 25.1 Å². The fourth-order valence-electron chi connectivity index (χ4n) is 1.17. The van der Waals surface area contributed by atoms with E-state index < -0.39 is 5.54 Å². The van der Waals surface area contributed by atoms with Crippen molar-refractivity contribution < 1.29 is 5.11 Å². The molecule has 0 fully saturated rings. The van der Waals surface area contributed by atoms with Crippen LogP contribution in [0.4, 0.5) is 0 Å². The van der Waals surface area contributed by atoms with Crippen LogP contribution in [0.3, 0.4) is 0 Å². The molecular formula is C10H14ClNO. The molecule has 1 aromatic carbocycles. The van der Waals surface area contributed by atoms with E-state index in [0.29, 0.717) is 5.02 Å². The molecule has 0 spiro atoms. The summed E-state index contributed by atoms with van der Waals surface area (Å²) < 4.78 is 0. The maximum absolute atomic E-state index is 9.08. The van der Waals surface area contributed by atoms with Gasteiger partial charge in [-0.25, -0.2) is 0 Å². The summed E-state index contributed by atoms with van der Waals surface area (Å²) in [5.41, 5.74) is 6.88. The van der Waals surface area contributed by atoms with E-state index in [1.165, 1.54) is 0 Å². The quantitative estimate of drug-likeness (QED) is 0.763. The topological polar surface area (TPSA) is 46.2 Å². The summed E-state index contributed by atoms with van der Waals surface area (Å²) in [6, 6.07) is 5.64. The van der Waals surface area contributed by atoms with Crippen LogP contribution in [-0.2, 0) is 5.54 Å². The molecule has 3 heteroatoms. The molecule has 0 bridgehead atoms. The third-order valence-electron chi connectivity index (χ3n) is 2.14. The number of hydrogen-bond donors (Lipinski definition) is 2. The zero-order valence-electron chi connectivity index (χ0n) is 7.84. The maximum atomic E-state index is 9.08. The fraction of sp³-hybridized carbons (Fsp3) is 0.400. The zero-order chi connectivity index (χ0) is 10.1. The van der Waals surface area contributed by atoms with Gasteiger partial charge >= 0.3 is 0 Å². The number of hydrogen-bond acceptors (Lipinski definition) is 2. The van der Waals surface area contributed by atoms with Crippen molar-refractivity contribution in [3.8, 4) is 0 Å². The van der Waals surface area contributed by atoms with Gasteiger partial charge in [0.2, 0.25) is 0 Å². The lowest BCUT2D eigenvalue weighted by atomic mass is 9.93. The van der Waals surface area contributed by atoms with Crippen molar-refractivity contribution in [1.29, 1.82) is 0 Å². The van der Waals surface area contributed by atoms with Gasteiger partial charge in [0, 0.05) is 5.02 Å². The first-order valence-electron chi connectivity index (χ1n) is 4.14. The Labute approximate surface area is 83.3 Å². The average Bonchev–Trinajstić information content (AvgIpc) is 2.09. The van der Waals surface area contributed by atoms with Crippen LogP contribution in [0.1, 0.15) is 18.1 Å². The zero-order valence-corrected chi connectivity index (χ0v) is 8.60. The van der Waals surface area contributed by atoms with Crippen molar-refractivity contribution >= 4 is 11.6 Å². The lowest BCUT2D eigenvalue weighted by Gasteiger charge is -2.24. The number of aryl methyl sites for hydroxylation is 1. The first-order valence-corrected chi connectivity index (χ1v) is 4.52. The molecule has 2 nitrogen and oxygen atoms in total. The Balaban J connectivity index is 3.22. The van der Waals surface area contributed by atoms with Gasteiger partial charge in [-0.2, -0.15) is 0 Å². The lowest BCUT2D eigenvalue weighted by Crippen LogP contribution is -2.37. The number of aliphatic hydroxyl groups excluding tert-OH is 1. The van der Waals surface area contributed by atoms with Crippen molar-refractivity contribution in [2.24, 2.45) is 5.73 Å². The normalized spacial score (nSPS) is 15.5. The molecule has 0 aliphatic carbocycles. The Bertz CT molecular complexity index is 310. The number of nitrogens with two attached hydrogens (primary N) is 1. The van der Waals surface area contributed by atoms with Gasteiger partial charge < -0.3 is 10.8 Å². The highest BCUT2D eigenvalue weighted by Crippen LogP contribution is 2.28. The molecule has 3 N–H and O–H groups in total. The van der Waals surface area contributed by atoms with Gasteiger partial charge in [-0.3, -0.25) is 0 Å². The highest BCUT2D eigenvalue weighted by Gasteiger charge is 2.23. The highest BCUT2D eigenvalue weighted by atomic mass is 35.5. The molecule has 0 aliphatic rings. The molecule has 0 aromatic heterocycles. The van der Waals surface area contributed by atoms with E-state index in [-0.39, 0.29) is 6.61 Å². The van der Waals surface area contributed by atoms with Crippen LogP contribution in [0.2, 0.25) is 5.02 Å². The van der Waals surface area contributed by atoms with Crippen molar-refractivity contribution in [3.05, 3.63) is 34.3 Å². The van der Waals surface area contributed by atoms with Crippen LogP contribution in [0, 0.1) is 6.92 Å². The summed E-state index contributed by atoms with van der Waals surface area (Å²) in [6.45, 7) is 3.56. The smallest absolute Gasteiger partial charge is 0.0651 e. The Hall–Kier alpha value is -0.570. The van der Waals surface area contributed by atoms with E-state index in [1.54, 1.807) is 6.92 Å². The predicted molar refractivity (Wildman–Crippen MR) is 54.8 cm³/mol. The van der Waals surface area contributed by atoms with Crippen LogP contribution >= 0.6 is 11.6 Å². The molecule has 1 rings (SSSR count). The number of aliphatic hydroxyl groups is 1. The summed E-state index contributed by atoms with van der Waals surface area (Å²) in [5.74, 6) is 0. The van der Waals surface area contributed by atoms with Crippen molar-refractivity contribution in [1.82, 2.24) is 0 Å². The molecule has 0 radical (unpaired) electrons. The molecule has 0 aliphatic heterocycles. The third-order valence-corrected chi connectivity index (χ3v) is 2.64. The average molecular weight is 200 g/mol. The Morgan fingerprint density at radius 2 is 2.15 bits per heavy atom. The highest BCUT2D eigenvalue weighted by molar-refractivity contribution is 6.32. The van der Waals surface area contributed by atoms with E-state index in [0.717, 1.165) is 11.1 Å². The number of halogens is 1. The lowest BCUT2D eigenvalue weighted by molar-refractivity contribution is 0.210. The monoisotopic (exact) mass is 199 g/mol. The molecule has 0 saturated carbocycles. The van der Waals surface area contributed by atoms with Crippen LogP contribution in [0.15, 0.2) is 18.2 Å². The molecule has 0 heterocycles. The minimum absolute atomic E-state index is 0.115. The Kier molecular flexibility index (Phi) is 2.96. The summed E-state index contributed by atoms with van der Waals surface area (Å²) in [7, 11) is 0. The van der Waals surface area contributed by atoms with E-state index in [4.69, 9.17) is 22.4 Å². The van der Waals surface area contributed by atoms with Crippen molar-refractivity contribution in [2.45, 2.75) is 19.4 Å². The molecule has 0 saturated heterocycles. The summed E-state index contributed by atoms with van der Waals surface area (Å²) in [5, 5.41) is 9.72. The van der Waals surface area contributed by atoms with Crippen LogP contribution in [0.25, 0.3) is 0 Å². The van der Waals surface area contributed by atoms with Gasteiger partial charge in [0.25, 0.3) is 0 Å². The van der Waals surface area contributed by atoms with Gasteiger partial charge in [0.15, 0.2) is 0 Å². The summed E-state index contributed by atoms with van der Waals surface area (Å²) >= 11 is 6.07. The SMILES string of the molecule is Cc1cccc([C@](C)(N)CO)c1Cl. The van der Waals surface area contributed by atoms with Crippen LogP contribution in [0.5, 0.6) is 0 Å². The van der Waals surface area contributed by atoms with E-state index >= 15 is 0 Å². The molecular weight excluding hydrogens is 186 g/mol. The number of rotatable bonds is 2. The number of benzene rings is 1. The Morgan fingerprint density at radius 3 is 2.69 bits per heavy atom. The van der Waals surface area contributed by atoms with Crippen LogP contribution in [-0.4, -0.2) is 11.7 Å². The van der Waals surface area contributed by atoms with Gasteiger partial charge in [-0.05, 0) is 25.0 Å². The van der Waals surface area contributed by atoms with Gasteiger partial charge in [0.1, 0.15) is 0 Å². The van der Waals surface area contributed by atoms with Crippen LogP contribution < -0.4 is 5.73 Å². The summed E-state index contributed by atoms with van der Waals surface area (Å²) in [4.78, 5) is 0. The van der Waals surface area contributed by atoms with E-state index in [2.05, 4.69) is 0 Å². The van der Waals surface area contributed by atoms with Gasteiger partial charge in [-0.1, -0.05) is 29.8 Å². The standard InChI is InChI=1S/C10H14ClNO/c1-7-4-3-5-8(9(7)11)10(2,12)6-13/h3-5,13H,6,12H2,1-2H3/t10-/m1/s1. The first-order chi connectivity index (χ1) is 5.99. The Morgan fingerprint density at radius 1 is 1.54 bits per heavy atom. The second-order valence-electron chi connectivity index (χ2n) is 3.51. The minimum Gasteiger partial charge on any atom is -0.394 e. The summed E-state index contributed by atoms with van der Waals surface area (Å²) in [6.07, 6.45) is 0. The molecule has 72 valence electrons. The minimum atomic E-state index is -0.761. The fourth-order valence-corrected chi connectivity index (χ4v) is 1.52. The largest absolute Gasteiger partial charge is 0.394 e.